The van der Waals surface area contributed by atoms with Gasteiger partial charge < -0.3 is 5.73 Å². The lowest BCUT2D eigenvalue weighted by Crippen LogP contribution is -2.49. The number of rotatable bonds is 5. The third-order valence-corrected chi connectivity index (χ3v) is 4.80. The summed E-state index contributed by atoms with van der Waals surface area (Å²) in [5, 5.41) is 0.733. The van der Waals surface area contributed by atoms with Crippen LogP contribution in [0.15, 0.2) is 48.5 Å². The van der Waals surface area contributed by atoms with Crippen LogP contribution in [-0.2, 0) is 11.3 Å². The molecule has 1 fully saturated rings. The Bertz CT molecular complexity index is 712. The molecular weight excluding hydrogens is 341 g/mol. The summed E-state index contributed by atoms with van der Waals surface area (Å²) in [7, 11) is 0. The van der Waals surface area contributed by atoms with Crippen molar-refractivity contribution in [2.24, 2.45) is 5.73 Å². The van der Waals surface area contributed by atoms with Crippen LogP contribution in [0.2, 0.25) is 5.02 Å². The van der Waals surface area contributed by atoms with Gasteiger partial charge >= 0.3 is 0 Å². The number of nitrogens with two attached hydrogens (primary N) is 1. The highest BCUT2D eigenvalue weighted by Crippen LogP contribution is 2.23. The number of amides is 1. The van der Waals surface area contributed by atoms with Gasteiger partial charge in [-0.25, -0.2) is 4.39 Å². The number of nitrogens with zero attached hydrogens (tertiary/aromatic N) is 2. The van der Waals surface area contributed by atoms with Gasteiger partial charge in [-0.15, -0.1) is 0 Å². The van der Waals surface area contributed by atoms with Crippen molar-refractivity contribution in [1.82, 2.24) is 9.80 Å². The predicted octanol–water partition coefficient (Wildman–Crippen LogP) is 2.82. The highest BCUT2D eigenvalue weighted by atomic mass is 35.5. The maximum absolute atomic E-state index is 13.1. The Morgan fingerprint density at radius 1 is 1.04 bits per heavy atom. The largest absolute Gasteiger partial charge is 0.368 e. The molecule has 132 valence electrons. The molecule has 1 amide bonds. The highest BCUT2D eigenvalue weighted by molar-refractivity contribution is 6.30. The van der Waals surface area contributed by atoms with Crippen molar-refractivity contribution in [2.45, 2.75) is 12.6 Å². The summed E-state index contributed by atoms with van der Waals surface area (Å²) in [5.74, 6) is -0.725. The van der Waals surface area contributed by atoms with Crippen molar-refractivity contribution in [3.63, 3.8) is 0 Å². The molecule has 2 N–H and O–H groups in total. The number of hydrogen-bond donors (Lipinski definition) is 1. The minimum atomic E-state index is -0.515. The van der Waals surface area contributed by atoms with E-state index in [2.05, 4.69) is 9.80 Å². The molecule has 25 heavy (non-hydrogen) atoms. The van der Waals surface area contributed by atoms with E-state index in [4.69, 9.17) is 17.3 Å². The minimum Gasteiger partial charge on any atom is -0.368 e. The number of benzene rings is 2. The predicted molar refractivity (Wildman–Crippen MR) is 96.6 cm³/mol. The second-order valence-corrected chi connectivity index (χ2v) is 6.73. The number of hydrogen-bond acceptors (Lipinski definition) is 3. The second kappa shape index (κ2) is 7.95. The van der Waals surface area contributed by atoms with E-state index >= 15 is 0 Å². The lowest BCUT2D eigenvalue weighted by atomic mass is 10.0. The number of carbonyl (C=O) groups excluding carboxylic acids is 1. The van der Waals surface area contributed by atoms with Crippen LogP contribution in [0.25, 0.3) is 0 Å². The molecule has 0 aliphatic carbocycles. The van der Waals surface area contributed by atoms with Crippen LogP contribution in [0.1, 0.15) is 17.2 Å². The fraction of sp³-hybridized carbons (Fsp3) is 0.316. The molecule has 0 radical (unpaired) electrons. The summed E-state index contributed by atoms with van der Waals surface area (Å²) in [4.78, 5) is 16.3. The van der Waals surface area contributed by atoms with Gasteiger partial charge in [-0.05, 0) is 35.4 Å². The molecular formula is C19H21ClFN3O. The van der Waals surface area contributed by atoms with Crippen molar-refractivity contribution in [1.29, 1.82) is 0 Å². The van der Waals surface area contributed by atoms with E-state index in [1.54, 1.807) is 12.1 Å². The van der Waals surface area contributed by atoms with Crippen LogP contribution >= 0.6 is 11.6 Å². The Morgan fingerprint density at radius 3 is 2.20 bits per heavy atom. The van der Waals surface area contributed by atoms with Gasteiger partial charge in [-0.1, -0.05) is 35.9 Å². The minimum absolute atomic E-state index is 0.320. The molecule has 1 heterocycles. The fourth-order valence-corrected chi connectivity index (χ4v) is 3.35. The molecule has 0 bridgehead atoms. The van der Waals surface area contributed by atoms with Gasteiger partial charge in [0.15, 0.2) is 0 Å². The average molecular weight is 362 g/mol. The molecule has 2 aromatic carbocycles. The maximum atomic E-state index is 13.1. The molecule has 1 unspecified atom stereocenters. The van der Waals surface area contributed by atoms with Crippen molar-refractivity contribution >= 4 is 17.5 Å². The maximum Gasteiger partial charge on any atom is 0.239 e. The van der Waals surface area contributed by atoms with Gasteiger partial charge in [0.25, 0.3) is 0 Å². The molecule has 0 aromatic heterocycles. The monoisotopic (exact) mass is 361 g/mol. The Balaban J connectivity index is 1.62. The Labute approximate surface area is 152 Å². The van der Waals surface area contributed by atoms with Crippen LogP contribution in [0.4, 0.5) is 4.39 Å². The zero-order chi connectivity index (χ0) is 17.8. The van der Waals surface area contributed by atoms with Crippen molar-refractivity contribution < 1.29 is 9.18 Å². The van der Waals surface area contributed by atoms with Gasteiger partial charge in [0.05, 0.1) is 0 Å². The molecule has 0 saturated carbocycles. The molecule has 0 spiro atoms. The van der Waals surface area contributed by atoms with E-state index in [0.29, 0.717) is 0 Å². The van der Waals surface area contributed by atoms with Crippen molar-refractivity contribution in [3.8, 4) is 0 Å². The smallest absolute Gasteiger partial charge is 0.239 e. The number of piperazine rings is 1. The first-order valence-electron chi connectivity index (χ1n) is 8.28. The van der Waals surface area contributed by atoms with Crippen LogP contribution in [0, 0.1) is 5.82 Å². The number of halogens is 2. The molecule has 3 rings (SSSR count). The fourth-order valence-electron chi connectivity index (χ4n) is 3.23. The van der Waals surface area contributed by atoms with Crippen LogP contribution < -0.4 is 5.73 Å². The summed E-state index contributed by atoms with van der Waals surface area (Å²) >= 11 is 5.92. The van der Waals surface area contributed by atoms with Gasteiger partial charge in [0, 0.05) is 37.7 Å². The van der Waals surface area contributed by atoms with E-state index in [-0.39, 0.29) is 5.82 Å². The molecule has 1 aliphatic heterocycles. The van der Waals surface area contributed by atoms with E-state index in [9.17, 15) is 9.18 Å². The summed E-state index contributed by atoms with van der Waals surface area (Å²) in [6.07, 6.45) is 0. The van der Waals surface area contributed by atoms with E-state index in [1.165, 1.54) is 17.7 Å². The molecule has 1 atom stereocenters. The lowest BCUT2D eigenvalue weighted by Gasteiger charge is -2.38. The molecule has 2 aromatic rings. The van der Waals surface area contributed by atoms with E-state index in [0.717, 1.165) is 43.3 Å². The zero-order valence-electron chi connectivity index (χ0n) is 13.9. The average Bonchev–Trinajstić information content (AvgIpc) is 2.60. The van der Waals surface area contributed by atoms with Gasteiger partial charge in [-0.3, -0.25) is 14.6 Å². The topological polar surface area (TPSA) is 49.6 Å². The third-order valence-electron chi connectivity index (χ3n) is 4.55. The zero-order valence-corrected chi connectivity index (χ0v) is 14.6. The normalized spacial score (nSPS) is 17.4. The van der Waals surface area contributed by atoms with Crippen LogP contribution in [0.5, 0.6) is 0 Å². The summed E-state index contributed by atoms with van der Waals surface area (Å²) in [6.45, 7) is 4.00. The Kier molecular flexibility index (Phi) is 5.68. The first-order valence-corrected chi connectivity index (χ1v) is 8.66. The first-order chi connectivity index (χ1) is 12.0. The first kappa shape index (κ1) is 17.9. The summed E-state index contributed by atoms with van der Waals surface area (Å²) in [5.41, 5.74) is 7.56. The summed E-state index contributed by atoms with van der Waals surface area (Å²) in [6, 6.07) is 13.3. The van der Waals surface area contributed by atoms with E-state index < -0.39 is 11.9 Å². The Morgan fingerprint density at radius 2 is 1.64 bits per heavy atom. The van der Waals surface area contributed by atoms with Crippen molar-refractivity contribution in [3.05, 3.63) is 70.5 Å². The van der Waals surface area contributed by atoms with Crippen LogP contribution in [0.3, 0.4) is 0 Å². The lowest BCUT2D eigenvalue weighted by molar-refractivity contribution is -0.124. The highest BCUT2D eigenvalue weighted by Gasteiger charge is 2.28. The van der Waals surface area contributed by atoms with E-state index in [1.807, 2.05) is 24.3 Å². The number of primary amides is 1. The van der Waals surface area contributed by atoms with Crippen molar-refractivity contribution in [2.75, 3.05) is 26.2 Å². The van der Waals surface area contributed by atoms with Gasteiger partial charge in [-0.2, -0.15) is 0 Å². The second-order valence-electron chi connectivity index (χ2n) is 6.30. The van der Waals surface area contributed by atoms with Crippen LogP contribution in [-0.4, -0.2) is 41.9 Å². The molecule has 1 aliphatic rings. The van der Waals surface area contributed by atoms with Gasteiger partial charge in [0.2, 0.25) is 5.91 Å². The Hall–Kier alpha value is -1.95. The quantitative estimate of drug-likeness (QED) is 0.891. The standard InChI is InChI=1S/C19H21ClFN3O/c20-16-5-1-14(2-6-16)13-23-9-11-24(12-10-23)18(19(22)25)15-3-7-17(21)8-4-15/h1-8,18H,9-13H2,(H2,22,25). The number of carbonyl (C=O) groups is 1. The molecule has 1 saturated heterocycles. The van der Waals surface area contributed by atoms with Gasteiger partial charge in [0.1, 0.15) is 11.9 Å². The SMILES string of the molecule is NC(=O)C(c1ccc(F)cc1)N1CCN(Cc2ccc(Cl)cc2)CC1. The summed E-state index contributed by atoms with van der Waals surface area (Å²) < 4.78 is 13.1. The molecule has 4 nitrogen and oxygen atoms in total. The molecule has 6 heteroatoms. The third kappa shape index (κ3) is 4.57.